The SMILES string of the molecule is Cc1ccc(O)c(C(C)NC(C)c2ccc(F)cc2F)c1. The van der Waals surface area contributed by atoms with E-state index in [1.165, 1.54) is 12.1 Å². The Kier molecular flexibility index (Phi) is 4.58. The highest BCUT2D eigenvalue weighted by molar-refractivity contribution is 5.38. The first-order chi connectivity index (χ1) is 9.88. The third-order valence-corrected chi connectivity index (χ3v) is 3.58. The number of phenols is 1. The third-order valence-electron chi connectivity index (χ3n) is 3.58. The highest BCUT2D eigenvalue weighted by atomic mass is 19.1. The standard InChI is InChI=1S/C17H19F2NO/c1-10-4-7-17(21)15(8-10)12(3)20-11(2)14-6-5-13(18)9-16(14)19/h4-9,11-12,20-21H,1-3H3. The summed E-state index contributed by atoms with van der Waals surface area (Å²) in [6.07, 6.45) is 0. The third kappa shape index (κ3) is 3.58. The van der Waals surface area contributed by atoms with Crippen molar-refractivity contribution in [2.45, 2.75) is 32.9 Å². The number of nitrogens with one attached hydrogen (secondary N) is 1. The van der Waals surface area contributed by atoms with Gasteiger partial charge in [0.15, 0.2) is 0 Å². The maximum atomic E-state index is 13.8. The van der Waals surface area contributed by atoms with Gasteiger partial charge in [-0.3, -0.25) is 0 Å². The second kappa shape index (κ2) is 6.22. The molecular formula is C17H19F2NO. The van der Waals surface area contributed by atoms with Crippen LogP contribution in [0.2, 0.25) is 0 Å². The first kappa shape index (κ1) is 15.4. The van der Waals surface area contributed by atoms with Crippen LogP contribution >= 0.6 is 0 Å². The zero-order valence-electron chi connectivity index (χ0n) is 12.3. The van der Waals surface area contributed by atoms with Crippen molar-refractivity contribution in [3.63, 3.8) is 0 Å². The lowest BCUT2D eigenvalue weighted by atomic mass is 10.0. The van der Waals surface area contributed by atoms with Crippen molar-refractivity contribution in [3.8, 4) is 5.75 Å². The Hall–Kier alpha value is -1.94. The Balaban J connectivity index is 2.18. The van der Waals surface area contributed by atoms with Crippen molar-refractivity contribution < 1.29 is 13.9 Å². The van der Waals surface area contributed by atoms with Crippen LogP contribution in [0.4, 0.5) is 8.78 Å². The number of phenolic OH excluding ortho intramolecular Hbond substituents is 1. The molecule has 2 atom stereocenters. The van der Waals surface area contributed by atoms with Crippen molar-refractivity contribution in [3.05, 3.63) is 64.7 Å². The predicted molar refractivity (Wildman–Crippen MR) is 79.2 cm³/mol. The molecule has 0 saturated carbocycles. The van der Waals surface area contributed by atoms with Crippen LogP contribution in [0.25, 0.3) is 0 Å². The van der Waals surface area contributed by atoms with Gasteiger partial charge in [0, 0.05) is 29.3 Å². The zero-order valence-corrected chi connectivity index (χ0v) is 12.3. The van der Waals surface area contributed by atoms with E-state index in [9.17, 15) is 13.9 Å². The largest absolute Gasteiger partial charge is 0.508 e. The fourth-order valence-electron chi connectivity index (χ4n) is 2.43. The molecule has 0 spiro atoms. The van der Waals surface area contributed by atoms with E-state index in [0.29, 0.717) is 5.56 Å². The highest BCUT2D eigenvalue weighted by Gasteiger charge is 2.17. The average molecular weight is 291 g/mol. The first-order valence-electron chi connectivity index (χ1n) is 6.89. The van der Waals surface area contributed by atoms with E-state index >= 15 is 0 Å². The number of hydrogen-bond acceptors (Lipinski definition) is 2. The van der Waals surface area contributed by atoms with Crippen molar-refractivity contribution in [2.24, 2.45) is 0 Å². The summed E-state index contributed by atoms with van der Waals surface area (Å²) in [5, 5.41) is 13.1. The average Bonchev–Trinajstić information content (AvgIpc) is 2.41. The normalized spacial score (nSPS) is 14.0. The minimum absolute atomic E-state index is 0.163. The molecule has 0 fully saturated rings. The number of rotatable bonds is 4. The van der Waals surface area contributed by atoms with Crippen LogP contribution in [0.3, 0.4) is 0 Å². The van der Waals surface area contributed by atoms with Crippen LogP contribution in [0.1, 0.15) is 42.6 Å². The number of benzene rings is 2. The topological polar surface area (TPSA) is 32.3 Å². The Bertz CT molecular complexity index is 643. The van der Waals surface area contributed by atoms with E-state index in [1.54, 1.807) is 13.0 Å². The zero-order chi connectivity index (χ0) is 15.6. The van der Waals surface area contributed by atoms with Crippen molar-refractivity contribution in [1.82, 2.24) is 5.32 Å². The molecule has 2 unspecified atom stereocenters. The molecule has 112 valence electrons. The van der Waals surface area contributed by atoms with Crippen LogP contribution < -0.4 is 5.32 Å². The molecular weight excluding hydrogens is 272 g/mol. The van der Waals surface area contributed by atoms with Gasteiger partial charge in [-0.1, -0.05) is 23.8 Å². The second-order valence-corrected chi connectivity index (χ2v) is 5.34. The number of hydrogen-bond donors (Lipinski definition) is 2. The van der Waals surface area contributed by atoms with Gasteiger partial charge in [-0.15, -0.1) is 0 Å². The lowest BCUT2D eigenvalue weighted by molar-refractivity contribution is 0.432. The molecule has 2 aromatic rings. The Morgan fingerprint density at radius 2 is 1.62 bits per heavy atom. The molecule has 0 aromatic heterocycles. The first-order valence-corrected chi connectivity index (χ1v) is 6.89. The summed E-state index contributed by atoms with van der Waals surface area (Å²) in [5.74, 6) is -0.962. The summed E-state index contributed by atoms with van der Waals surface area (Å²) in [4.78, 5) is 0. The van der Waals surface area contributed by atoms with Crippen molar-refractivity contribution >= 4 is 0 Å². The summed E-state index contributed by atoms with van der Waals surface area (Å²) in [6, 6.07) is 8.45. The van der Waals surface area contributed by atoms with Gasteiger partial charge in [-0.2, -0.15) is 0 Å². The molecule has 21 heavy (non-hydrogen) atoms. The van der Waals surface area contributed by atoms with E-state index in [1.807, 2.05) is 26.0 Å². The summed E-state index contributed by atoms with van der Waals surface area (Å²) in [7, 11) is 0. The molecule has 2 nitrogen and oxygen atoms in total. The fraction of sp³-hybridized carbons (Fsp3) is 0.294. The van der Waals surface area contributed by atoms with E-state index in [4.69, 9.17) is 0 Å². The molecule has 0 heterocycles. The lowest BCUT2D eigenvalue weighted by Crippen LogP contribution is -2.23. The van der Waals surface area contributed by atoms with E-state index in [2.05, 4.69) is 5.32 Å². The molecule has 0 aliphatic rings. The smallest absolute Gasteiger partial charge is 0.130 e. The van der Waals surface area contributed by atoms with Gasteiger partial charge in [0.05, 0.1) is 0 Å². The van der Waals surface area contributed by atoms with Gasteiger partial charge < -0.3 is 10.4 Å². The van der Waals surface area contributed by atoms with Crippen LogP contribution in [-0.2, 0) is 0 Å². The minimum atomic E-state index is -0.590. The Morgan fingerprint density at radius 3 is 2.29 bits per heavy atom. The van der Waals surface area contributed by atoms with Gasteiger partial charge in [0.25, 0.3) is 0 Å². The molecule has 2 N–H and O–H groups in total. The molecule has 2 rings (SSSR count). The van der Waals surface area contributed by atoms with Gasteiger partial charge in [0.2, 0.25) is 0 Å². The van der Waals surface area contributed by atoms with Gasteiger partial charge >= 0.3 is 0 Å². The molecule has 0 amide bonds. The van der Waals surface area contributed by atoms with Crippen LogP contribution in [0.5, 0.6) is 5.75 Å². The van der Waals surface area contributed by atoms with E-state index in [0.717, 1.165) is 17.2 Å². The maximum Gasteiger partial charge on any atom is 0.130 e. The predicted octanol–water partition coefficient (Wildman–Crippen LogP) is 4.39. The number of aromatic hydroxyl groups is 1. The number of halogens is 2. The highest BCUT2D eigenvalue weighted by Crippen LogP contribution is 2.28. The Labute approximate surface area is 123 Å². The van der Waals surface area contributed by atoms with E-state index in [-0.39, 0.29) is 17.8 Å². The van der Waals surface area contributed by atoms with Crippen LogP contribution in [-0.4, -0.2) is 5.11 Å². The molecule has 0 saturated heterocycles. The monoisotopic (exact) mass is 291 g/mol. The van der Waals surface area contributed by atoms with Crippen LogP contribution in [0.15, 0.2) is 36.4 Å². The van der Waals surface area contributed by atoms with Crippen molar-refractivity contribution in [1.29, 1.82) is 0 Å². The van der Waals surface area contributed by atoms with Crippen molar-refractivity contribution in [2.75, 3.05) is 0 Å². The molecule has 4 heteroatoms. The maximum absolute atomic E-state index is 13.8. The Morgan fingerprint density at radius 1 is 0.952 bits per heavy atom. The molecule has 0 aliphatic heterocycles. The van der Waals surface area contributed by atoms with Crippen LogP contribution in [0, 0.1) is 18.6 Å². The summed E-state index contributed by atoms with van der Waals surface area (Å²) >= 11 is 0. The fourth-order valence-corrected chi connectivity index (χ4v) is 2.43. The minimum Gasteiger partial charge on any atom is -0.508 e. The van der Waals surface area contributed by atoms with E-state index < -0.39 is 11.6 Å². The quantitative estimate of drug-likeness (QED) is 0.875. The molecule has 0 aliphatic carbocycles. The second-order valence-electron chi connectivity index (χ2n) is 5.34. The van der Waals surface area contributed by atoms with Gasteiger partial charge in [-0.05, 0) is 32.9 Å². The van der Waals surface area contributed by atoms with Gasteiger partial charge in [-0.25, -0.2) is 8.78 Å². The summed E-state index contributed by atoms with van der Waals surface area (Å²) in [6.45, 7) is 5.64. The molecule has 0 radical (unpaired) electrons. The lowest BCUT2D eigenvalue weighted by Gasteiger charge is -2.22. The summed E-state index contributed by atoms with van der Waals surface area (Å²) in [5.41, 5.74) is 2.19. The molecule has 0 bridgehead atoms. The van der Waals surface area contributed by atoms with Gasteiger partial charge in [0.1, 0.15) is 17.4 Å². The number of aryl methyl sites for hydroxylation is 1. The summed E-state index contributed by atoms with van der Waals surface area (Å²) < 4.78 is 26.7. The molecule has 2 aromatic carbocycles.